The number of hydrogen-bond donors (Lipinski definition) is 2. The number of aromatic nitrogens is 5. The van der Waals surface area contributed by atoms with Crippen molar-refractivity contribution in [3.8, 4) is 11.8 Å². The fourth-order valence-corrected chi connectivity index (χ4v) is 6.23. The van der Waals surface area contributed by atoms with Gasteiger partial charge in [-0.25, -0.2) is 9.97 Å². The van der Waals surface area contributed by atoms with Crippen molar-refractivity contribution in [1.82, 2.24) is 34.7 Å². The first-order valence-electron chi connectivity index (χ1n) is 14.5. The van der Waals surface area contributed by atoms with Gasteiger partial charge in [-0.15, -0.1) is 0 Å². The number of benzene rings is 2. The highest BCUT2D eigenvalue weighted by molar-refractivity contribution is 5.81. The van der Waals surface area contributed by atoms with Crippen molar-refractivity contribution in [3.05, 3.63) is 89.3 Å². The number of imidazole rings is 2. The average molecular weight is 558 g/mol. The predicted octanol–water partition coefficient (Wildman–Crippen LogP) is 4.82. The molecule has 2 aliphatic rings. The monoisotopic (exact) mass is 557 g/mol. The largest absolute Gasteiger partial charge is 0.340 e. The van der Waals surface area contributed by atoms with Gasteiger partial charge in [0.15, 0.2) is 0 Å². The van der Waals surface area contributed by atoms with Crippen molar-refractivity contribution >= 4 is 33.9 Å². The van der Waals surface area contributed by atoms with Gasteiger partial charge in [-0.2, -0.15) is 0 Å². The Hall–Kier alpha value is -4.97. The van der Waals surface area contributed by atoms with E-state index in [1.807, 2.05) is 58.3 Å². The van der Waals surface area contributed by atoms with Gasteiger partial charge >= 0.3 is 0 Å². The number of likely N-dealkylation sites (tertiary alicyclic amines) is 2. The van der Waals surface area contributed by atoms with E-state index in [0.29, 0.717) is 6.42 Å². The molecule has 2 saturated heterocycles. The van der Waals surface area contributed by atoms with Crippen LogP contribution in [0.2, 0.25) is 0 Å². The van der Waals surface area contributed by atoms with Gasteiger partial charge in [0.05, 0.1) is 40.6 Å². The van der Waals surface area contributed by atoms with Crippen LogP contribution < -0.4 is 0 Å². The molecule has 0 unspecified atom stereocenters. The second kappa shape index (κ2) is 10.8. The summed E-state index contributed by atoms with van der Waals surface area (Å²) in [6, 6.07) is 15.7. The van der Waals surface area contributed by atoms with E-state index in [4.69, 9.17) is 9.97 Å². The molecule has 2 amide bonds. The minimum Gasteiger partial charge on any atom is -0.340 e. The lowest BCUT2D eigenvalue weighted by atomic mass is 10.1. The Balaban J connectivity index is 1.09. The first-order valence-corrected chi connectivity index (χ1v) is 14.5. The number of pyridine rings is 1. The van der Waals surface area contributed by atoms with Crippen LogP contribution in [0.3, 0.4) is 0 Å². The van der Waals surface area contributed by atoms with Crippen LogP contribution in [-0.4, -0.2) is 59.6 Å². The number of rotatable bonds is 4. The minimum absolute atomic E-state index is 0.00509. The quantitative estimate of drug-likeness (QED) is 0.308. The van der Waals surface area contributed by atoms with E-state index in [1.54, 1.807) is 19.3 Å². The van der Waals surface area contributed by atoms with E-state index >= 15 is 0 Å². The van der Waals surface area contributed by atoms with Crippen molar-refractivity contribution in [1.29, 1.82) is 0 Å². The number of amides is 2. The summed E-state index contributed by atoms with van der Waals surface area (Å²) in [7, 11) is 0. The lowest BCUT2D eigenvalue weighted by Crippen LogP contribution is -2.32. The van der Waals surface area contributed by atoms with Crippen LogP contribution in [0.5, 0.6) is 0 Å². The summed E-state index contributed by atoms with van der Waals surface area (Å²) < 4.78 is 0. The smallest absolute Gasteiger partial charge is 0.227 e. The van der Waals surface area contributed by atoms with Crippen molar-refractivity contribution in [2.45, 2.75) is 51.1 Å². The van der Waals surface area contributed by atoms with Crippen LogP contribution in [0.25, 0.3) is 22.1 Å². The molecule has 2 aliphatic heterocycles. The van der Waals surface area contributed by atoms with Crippen molar-refractivity contribution < 1.29 is 9.59 Å². The van der Waals surface area contributed by atoms with Crippen LogP contribution in [-0.2, 0) is 16.0 Å². The molecule has 210 valence electrons. The molecule has 0 radical (unpaired) electrons. The van der Waals surface area contributed by atoms with Crippen LogP contribution >= 0.6 is 0 Å². The minimum atomic E-state index is -0.0612. The Bertz CT molecular complexity index is 1860. The van der Waals surface area contributed by atoms with Gasteiger partial charge in [-0.1, -0.05) is 17.9 Å². The molecule has 0 spiro atoms. The van der Waals surface area contributed by atoms with Gasteiger partial charge < -0.3 is 19.8 Å². The molecule has 2 aromatic carbocycles. The Labute approximate surface area is 243 Å². The van der Waals surface area contributed by atoms with Crippen molar-refractivity contribution in [2.24, 2.45) is 0 Å². The summed E-state index contributed by atoms with van der Waals surface area (Å²) in [4.78, 5) is 49.6. The molecular weight excluding hydrogens is 526 g/mol. The molecule has 0 saturated carbocycles. The van der Waals surface area contributed by atoms with E-state index in [0.717, 1.165) is 89.2 Å². The van der Waals surface area contributed by atoms with Gasteiger partial charge in [0.25, 0.3) is 0 Å². The number of carbonyl (C=O) groups is 2. The Kier molecular flexibility index (Phi) is 6.67. The topological polar surface area (TPSA) is 111 Å². The third-order valence-corrected chi connectivity index (χ3v) is 8.29. The molecule has 5 aromatic rings. The standard InChI is InChI=1S/C33H31N7O2/c1-21(41)39-15-3-6-29(39)32-35-25-12-10-22(17-27(25)37-32)8-9-23-11-13-26-28(18-23)38-33(36-26)30-7-4-16-40(30)31(42)19-24-5-2-14-34-20-24/h2,5,10-14,17-18,20,29-30H,3-4,6-7,15-16,19H2,1H3,(H,35,37)(H,36,38)/t29-,30-/m0/s1. The molecule has 2 fully saturated rings. The third-order valence-electron chi connectivity index (χ3n) is 8.29. The first-order chi connectivity index (χ1) is 20.5. The summed E-state index contributed by atoms with van der Waals surface area (Å²) in [6.45, 7) is 3.12. The Morgan fingerprint density at radius 2 is 1.55 bits per heavy atom. The number of carbonyl (C=O) groups excluding carboxylic acids is 2. The molecule has 5 heterocycles. The van der Waals surface area contributed by atoms with Gasteiger partial charge in [0.1, 0.15) is 11.6 Å². The van der Waals surface area contributed by atoms with E-state index in [-0.39, 0.29) is 23.9 Å². The van der Waals surface area contributed by atoms with Crippen molar-refractivity contribution in [3.63, 3.8) is 0 Å². The number of H-pyrrole nitrogens is 2. The number of aromatic amines is 2. The number of hydrogen-bond acceptors (Lipinski definition) is 5. The maximum absolute atomic E-state index is 13.1. The predicted molar refractivity (Wildman–Crippen MR) is 159 cm³/mol. The summed E-state index contributed by atoms with van der Waals surface area (Å²) in [6.07, 6.45) is 7.55. The maximum atomic E-state index is 13.1. The second-order valence-corrected chi connectivity index (χ2v) is 11.1. The summed E-state index contributed by atoms with van der Waals surface area (Å²) in [5.74, 6) is 8.38. The van der Waals surface area contributed by atoms with Gasteiger partial charge in [0, 0.05) is 43.5 Å². The zero-order valence-electron chi connectivity index (χ0n) is 23.4. The molecule has 0 aliphatic carbocycles. The molecule has 2 atom stereocenters. The van der Waals surface area contributed by atoms with E-state index in [1.165, 1.54) is 0 Å². The normalized spacial score (nSPS) is 18.5. The SMILES string of the molecule is CC(=O)N1CCC[C@H]1c1nc2ccc(C#Cc3ccc4[nH]c([C@@H]5CCCN5C(=O)Cc5cccnc5)nc4c3)cc2[nH]1. The molecule has 9 heteroatoms. The fourth-order valence-electron chi connectivity index (χ4n) is 6.23. The summed E-state index contributed by atoms with van der Waals surface area (Å²) in [5, 5.41) is 0. The maximum Gasteiger partial charge on any atom is 0.227 e. The van der Waals surface area contributed by atoms with Crippen LogP contribution in [0.4, 0.5) is 0 Å². The average Bonchev–Trinajstić information content (AvgIpc) is 3.80. The molecule has 7 rings (SSSR count). The van der Waals surface area contributed by atoms with Gasteiger partial charge in [-0.3, -0.25) is 14.6 Å². The molecule has 3 aromatic heterocycles. The lowest BCUT2D eigenvalue weighted by Gasteiger charge is -2.23. The molecular formula is C33H31N7O2. The zero-order chi connectivity index (χ0) is 28.6. The fraction of sp³-hybridized carbons (Fsp3) is 0.303. The summed E-state index contributed by atoms with van der Waals surface area (Å²) >= 11 is 0. The highest BCUT2D eigenvalue weighted by Gasteiger charge is 2.32. The Morgan fingerprint density at radius 1 is 0.857 bits per heavy atom. The van der Waals surface area contributed by atoms with Crippen LogP contribution in [0, 0.1) is 11.8 Å². The number of nitrogens with one attached hydrogen (secondary N) is 2. The van der Waals surface area contributed by atoms with Crippen molar-refractivity contribution in [2.75, 3.05) is 13.1 Å². The highest BCUT2D eigenvalue weighted by atomic mass is 16.2. The van der Waals surface area contributed by atoms with E-state index < -0.39 is 0 Å². The van der Waals surface area contributed by atoms with Gasteiger partial charge in [-0.05, 0) is 73.7 Å². The molecule has 0 bridgehead atoms. The molecule has 2 N–H and O–H groups in total. The number of nitrogens with zero attached hydrogens (tertiary/aromatic N) is 5. The van der Waals surface area contributed by atoms with Crippen LogP contribution in [0.15, 0.2) is 60.9 Å². The Morgan fingerprint density at radius 3 is 2.31 bits per heavy atom. The number of fused-ring (bicyclic) bond motifs is 2. The third kappa shape index (κ3) is 5.00. The molecule has 9 nitrogen and oxygen atoms in total. The summed E-state index contributed by atoms with van der Waals surface area (Å²) in [5.41, 5.74) is 6.22. The lowest BCUT2D eigenvalue weighted by molar-refractivity contribution is -0.131. The van der Waals surface area contributed by atoms with Crippen LogP contribution in [0.1, 0.15) is 73.0 Å². The zero-order valence-corrected chi connectivity index (χ0v) is 23.4. The van der Waals surface area contributed by atoms with E-state index in [9.17, 15) is 9.59 Å². The second-order valence-electron chi connectivity index (χ2n) is 11.1. The van der Waals surface area contributed by atoms with Gasteiger partial charge in [0.2, 0.25) is 11.8 Å². The molecule has 42 heavy (non-hydrogen) atoms. The highest BCUT2D eigenvalue weighted by Crippen LogP contribution is 2.33. The first kappa shape index (κ1) is 26.0. The van der Waals surface area contributed by atoms with E-state index in [2.05, 4.69) is 26.8 Å².